The van der Waals surface area contributed by atoms with Gasteiger partial charge >= 0.3 is 0 Å². The number of thiazole rings is 1. The first-order valence-electron chi connectivity index (χ1n) is 8.87. The van der Waals surface area contributed by atoms with Crippen molar-refractivity contribution in [3.63, 3.8) is 0 Å². The molecule has 0 radical (unpaired) electrons. The number of carbonyl (C=O) groups excluding carboxylic acids is 1. The number of hydrogen-bond acceptors (Lipinski definition) is 4. The van der Waals surface area contributed by atoms with Gasteiger partial charge in [-0.05, 0) is 18.2 Å². The molecule has 2 aromatic carbocycles. The van der Waals surface area contributed by atoms with Crippen LogP contribution in [0.25, 0.3) is 22.2 Å². The third kappa shape index (κ3) is 3.68. The van der Waals surface area contributed by atoms with Crippen LogP contribution >= 0.6 is 11.3 Å². The van der Waals surface area contributed by atoms with E-state index in [2.05, 4.69) is 17.6 Å². The molecule has 0 saturated heterocycles. The van der Waals surface area contributed by atoms with Crippen LogP contribution in [0.15, 0.2) is 78.8 Å². The first-order chi connectivity index (χ1) is 13.8. The fraction of sp³-hybridized carbons (Fsp3) is 0.0909. The molecule has 0 bridgehead atoms. The number of aromatic nitrogens is 2. The number of benzene rings is 2. The Morgan fingerprint density at radius 2 is 1.96 bits per heavy atom. The average molecular weight is 389 g/mol. The SMILES string of the molecule is C=CCN(C(=O)COc1ccccc1)c1nc(-c2c[nH]c3ccccc23)cs1. The molecule has 0 saturated carbocycles. The minimum Gasteiger partial charge on any atom is -0.484 e. The lowest BCUT2D eigenvalue weighted by Crippen LogP contribution is -2.35. The Balaban J connectivity index is 1.55. The van der Waals surface area contributed by atoms with E-state index in [1.165, 1.54) is 11.3 Å². The zero-order chi connectivity index (χ0) is 19.3. The normalized spacial score (nSPS) is 10.7. The van der Waals surface area contributed by atoms with Crippen LogP contribution in [0.2, 0.25) is 0 Å². The number of nitrogens with one attached hydrogen (secondary N) is 1. The fourth-order valence-corrected chi connectivity index (χ4v) is 3.80. The van der Waals surface area contributed by atoms with Gasteiger partial charge in [0.15, 0.2) is 11.7 Å². The number of rotatable bonds is 7. The summed E-state index contributed by atoms with van der Waals surface area (Å²) in [5.74, 6) is 0.497. The highest BCUT2D eigenvalue weighted by Gasteiger charge is 2.20. The van der Waals surface area contributed by atoms with E-state index >= 15 is 0 Å². The summed E-state index contributed by atoms with van der Waals surface area (Å²) in [7, 11) is 0. The van der Waals surface area contributed by atoms with Gasteiger partial charge in [-0.3, -0.25) is 9.69 Å². The van der Waals surface area contributed by atoms with Crippen molar-refractivity contribution in [1.29, 1.82) is 0 Å². The zero-order valence-corrected chi connectivity index (χ0v) is 16.0. The number of amides is 1. The molecule has 2 heterocycles. The summed E-state index contributed by atoms with van der Waals surface area (Å²) < 4.78 is 5.60. The molecule has 6 heteroatoms. The maximum Gasteiger partial charge on any atom is 0.266 e. The molecule has 0 aliphatic carbocycles. The first-order valence-corrected chi connectivity index (χ1v) is 9.75. The second-order valence-electron chi connectivity index (χ2n) is 6.16. The molecule has 4 aromatic rings. The second kappa shape index (κ2) is 8.10. The predicted octanol–water partition coefficient (Wildman–Crippen LogP) is 4.89. The molecule has 4 rings (SSSR count). The highest BCUT2D eigenvalue weighted by molar-refractivity contribution is 7.14. The molecule has 0 fully saturated rings. The second-order valence-corrected chi connectivity index (χ2v) is 6.99. The molecular weight excluding hydrogens is 370 g/mol. The van der Waals surface area contributed by atoms with Gasteiger partial charge in [-0.15, -0.1) is 17.9 Å². The number of nitrogens with zero attached hydrogens (tertiary/aromatic N) is 2. The van der Waals surface area contributed by atoms with Gasteiger partial charge < -0.3 is 9.72 Å². The fourth-order valence-electron chi connectivity index (χ4n) is 2.95. The Kier molecular flexibility index (Phi) is 5.21. The standard InChI is InChI=1S/C22H19N3O2S/c1-2-12-25(21(26)14-27-16-8-4-3-5-9-16)22-24-20(15-28-22)18-13-23-19-11-7-6-10-17(18)19/h2-11,13,15,23H,1,12,14H2. The van der Waals surface area contributed by atoms with E-state index in [-0.39, 0.29) is 12.5 Å². The summed E-state index contributed by atoms with van der Waals surface area (Å²) in [6.07, 6.45) is 3.63. The van der Waals surface area contributed by atoms with E-state index in [0.717, 1.165) is 22.2 Å². The molecule has 0 aliphatic heterocycles. The number of ether oxygens (including phenoxy) is 1. The smallest absolute Gasteiger partial charge is 0.266 e. The minimum atomic E-state index is -0.163. The maximum atomic E-state index is 12.7. The Labute approximate surface area is 166 Å². The Morgan fingerprint density at radius 1 is 1.18 bits per heavy atom. The van der Waals surface area contributed by atoms with Gasteiger partial charge in [0, 0.05) is 34.6 Å². The van der Waals surface area contributed by atoms with E-state index in [1.807, 2.05) is 60.1 Å². The molecule has 0 unspecified atom stereocenters. The molecule has 2 aromatic heterocycles. The van der Waals surface area contributed by atoms with Gasteiger partial charge in [-0.1, -0.05) is 42.5 Å². The van der Waals surface area contributed by atoms with E-state index < -0.39 is 0 Å². The van der Waals surface area contributed by atoms with Gasteiger partial charge in [-0.2, -0.15) is 0 Å². The molecule has 1 amide bonds. The third-order valence-corrected chi connectivity index (χ3v) is 5.17. The lowest BCUT2D eigenvalue weighted by molar-refractivity contribution is -0.120. The number of hydrogen-bond donors (Lipinski definition) is 1. The Morgan fingerprint density at radius 3 is 2.79 bits per heavy atom. The number of para-hydroxylation sites is 2. The molecule has 28 heavy (non-hydrogen) atoms. The monoisotopic (exact) mass is 389 g/mol. The average Bonchev–Trinajstić information content (AvgIpc) is 3.38. The molecular formula is C22H19N3O2S. The number of H-pyrrole nitrogens is 1. The van der Waals surface area contributed by atoms with Crippen LogP contribution in [-0.4, -0.2) is 29.0 Å². The summed E-state index contributed by atoms with van der Waals surface area (Å²) in [4.78, 5) is 22.3. The number of aromatic amines is 1. The number of fused-ring (bicyclic) bond motifs is 1. The summed E-state index contributed by atoms with van der Waals surface area (Å²) in [5.41, 5.74) is 2.91. The maximum absolute atomic E-state index is 12.7. The molecule has 140 valence electrons. The number of anilines is 1. The predicted molar refractivity (Wildman–Crippen MR) is 114 cm³/mol. The van der Waals surface area contributed by atoms with E-state index in [0.29, 0.717) is 17.4 Å². The quantitative estimate of drug-likeness (QED) is 0.458. The van der Waals surface area contributed by atoms with Crippen LogP contribution in [0.5, 0.6) is 5.75 Å². The van der Waals surface area contributed by atoms with Crippen molar-refractivity contribution < 1.29 is 9.53 Å². The van der Waals surface area contributed by atoms with E-state index in [9.17, 15) is 4.79 Å². The van der Waals surface area contributed by atoms with Gasteiger partial charge in [-0.25, -0.2) is 4.98 Å². The number of carbonyl (C=O) groups is 1. The van der Waals surface area contributed by atoms with Gasteiger partial charge in [0.25, 0.3) is 5.91 Å². The van der Waals surface area contributed by atoms with Gasteiger partial charge in [0.2, 0.25) is 0 Å². The highest BCUT2D eigenvalue weighted by Crippen LogP contribution is 2.32. The van der Waals surface area contributed by atoms with Crippen LogP contribution in [0.4, 0.5) is 5.13 Å². The molecule has 5 nitrogen and oxygen atoms in total. The largest absolute Gasteiger partial charge is 0.484 e. The summed E-state index contributed by atoms with van der Waals surface area (Å²) >= 11 is 1.43. The van der Waals surface area contributed by atoms with Crippen molar-refractivity contribution in [2.75, 3.05) is 18.1 Å². The summed E-state index contributed by atoms with van der Waals surface area (Å²) in [6, 6.07) is 17.4. The Hall–Kier alpha value is -3.38. The van der Waals surface area contributed by atoms with Crippen LogP contribution in [0.1, 0.15) is 0 Å². The van der Waals surface area contributed by atoms with Crippen LogP contribution in [0.3, 0.4) is 0 Å². The van der Waals surface area contributed by atoms with Crippen LogP contribution in [-0.2, 0) is 4.79 Å². The Bertz CT molecular complexity index is 1100. The molecule has 0 spiro atoms. The van der Waals surface area contributed by atoms with Crippen LogP contribution in [0, 0.1) is 0 Å². The van der Waals surface area contributed by atoms with E-state index in [4.69, 9.17) is 9.72 Å². The lowest BCUT2D eigenvalue weighted by Gasteiger charge is -2.18. The zero-order valence-electron chi connectivity index (χ0n) is 15.2. The van der Waals surface area contributed by atoms with Crippen molar-refractivity contribution in [3.8, 4) is 17.0 Å². The lowest BCUT2D eigenvalue weighted by atomic mass is 10.1. The van der Waals surface area contributed by atoms with Crippen molar-refractivity contribution in [2.45, 2.75) is 0 Å². The summed E-state index contributed by atoms with van der Waals surface area (Å²) in [6.45, 7) is 4.08. The third-order valence-electron chi connectivity index (χ3n) is 4.31. The first kappa shape index (κ1) is 18.0. The minimum absolute atomic E-state index is 0.0557. The van der Waals surface area contributed by atoms with Gasteiger partial charge in [0.05, 0.1) is 5.69 Å². The van der Waals surface area contributed by atoms with Crippen molar-refractivity contribution in [3.05, 3.63) is 78.8 Å². The molecule has 0 aliphatic rings. The van der Waals surface area contributed by atoms with Gasteiger partial charge in [0.1, 0.15) is 5.75 Å². The van der Waals surface area contributed by atoms with Crippen molar-refractivity contribution in [1.82, 2.24) is 9.97 Å². The van der Waals surface area contributed by atoms with E-state index in [1.54, 1.807) is 11.0 Å². The highest BCUT2D eigenvalue weighted by atomic mass is 32.1. The van der Waals surface area contributed by atoms with Crippen molar-refractivity contribution >= 4 is 33.3 Å². The van der Waals surface area contributed by atoms with Crippen molar-refractivity contribution in [2.24, 2.45) is 0 Å². The molecule has 0 atom stereocenters. The molecule has 1 N–H and O–H groups in total. The topological polar surface area (TPSA) is 58.2 Å². The van der Waals surface area contributed by atoms with Crippen LogP contribution < -0.4 is 9.64 Å². The summed E-state index contributed by atoms with van der Waals surface area (Å²) in [5, 5.41) is 3.70.